The van der Waals surface area contributed by atoms with Gasteiger partial charge < -0.3 is 5.11 Å². The van der Waals surface area contributed by atoms with Crippen molar-refractivity contribution >= 4 is 17.6 Å². The molecule has 0 fully saturated rings. The Kier molecular flexibility index (Phi) is 2.88. The highest BCUT2D eigenvalue weighted by Crippen LogP contribution is 2.28. The van der Waals surface area contributed by atoms with Crippen molar-refractivity contribution in [3.05, 3.63) is 38.9 Å². The molecule has 0 amide bonds. The summed E-state index contributed by atoms with van der Waals surface area (Å²) in [6.07, 6.45) is 0. The number of benzene rings is 1. The lowest BCUT2D eigenvalue weighted by molar-refractivity contribution is -0.711. The first-order valence-corrected chi connectivity index (χ1v) is 3.74. The average Bonchev–Trinajstić information content (AvgIpc) is 2.07. The van der Waals surface area contributed by atoms with Gasteiger partial charge in [-0.15, -0.1) is 10.1 Å². The Labute approximate surface area is 82.8 Å². The molecule has 14 heavy (non-hydrogen) atoms. The van der Waals surface area contributed by atoms with Gasteiger partial charge in [-0.2, -0.15) is 0 Å². The van der Waals surface area contributed by atoms with Crippen LogP contribution in [0.15, 0.2) is 18.2 Å². The molecule has 0 aliphatic rings. The molecule has 0 atom stereocenters. The van der Waals surface area contributed by atoms with Gasteiger partial charge in [0, 0.05) is 0 Å². The lowest BCUT2D eigenvalue weighted by Crippen LogP contribution is -2.08. The fourth-order valence-corrected chi connectivity index (χ4v) is 1.05. The standard InChI is InChI=1S/C7H4ClNO5/c8-5-3-1-2-4(7(10)11)6(5)14-9(12)13/h1-3H,(H,10,11). The maximum Gasteiger partial charge on any atom is 0.338 e. The third kappa shape index (κ3) is 2.11. The molecule has 0 aliphatic carbocycles. The van der Waals surface area contributed by atoms with Crippen molar-refractivity contribution < 1.29 is 19.8 Å². The SMILES string of the molecule is O=C(O)c1cccc(Cl)c1O[N+](=O)[O-]. The summed E-state index contributed by atoms with van der Waals surface area (Å²) in [5.41, 5.74) is -0.353. The number of carbonyl (C=O) groups is 1. The van der Waals surface area contributed by atoms with Crippen LogP contribution in [-0.2, 0) is 0 Å². The highest BCUT2D eigenvalue weighted by atomic mass is 35.5. The van der Waals surface area contributed by atoms with Gasteiger partial charge in [0.15, 0.2) is 5.75 Å². The second-order valence-electron chi connectivity index (χ2n) is 2.24. The van der Waals surface area contributed by atoms with Crippen LogP contribution in [0.4, 0.5) is 0 Å². The molecule has 0 saturated heterocycles. The number of rotatable bonds is 3. The number of aromatic carboxylic acids is 1. The van der Waals surface area contributed by atoms with Gasteiger partial charge in [-0.3, -0.25) is 4.84 Å². The van der Waals surface area contributed by atoms with E-state index in [-0.39, 0.29) is 10.6 Å². The fourth-order valence-electron chi connectivity index (χ4n) is 0.845. The van der Waals surface area contributed by atoms with Gasteiger partial charge in [-0.05, 0) is 12.1 Å². The van der Waals surface area contributed by atoms with E-state index >= 15 is 0 Å². The van der Waals surface area contributed by atoms with Crippen molar-refractivity contribution in [2.24, 2.45) is 0 Å². The molecule has 0 bridgehead atoms. The van der Waals surface area contributed by atoms with Gasteiger partial charge in [0.05, 0.1) is 10.6 Å². The monoisotopic (exact) mass is 217 g/mol. The predicted molar refractivity (Wildman–Crippen MR) is 46.0 cm³/mol. The van der Waals surface area contributed by atoms with Gasteiger partial charge >= 0.3 is 5.97 Å². The predicted octanol–water partition coefficient (Wildman–Crippen LogP) is 1.61. The van der Waals surface area contributed by atoms with Crippen molar-refractivity contribution in [1.29, 1.82) is 0 Å². The van der Waals surface area contributed by atoms with Crippen LogP contribution in [0.3, 0.4) is 0 Å². The second kappa shape index (κ2) is 3.93. The summed E-state index contributed by atoms with van der Waals surface area (Å²) in [5.74, 6) is -1.81. The minimum atomic E-state index is -1.34. The van der Waals surface area contributed by atoms with E-state index in [1.807, 2.05) is 0 Å². The van der Waals surface area contributed by atoms with E-state index in [1.54, 1.807) is 0 Å². The number of hydrogen-bond acceptors (Lipinski definition) is 4. The summed E-state index contributed by atoms with van der Waals surface area (Å²) in [4.78, 5) is 24.7. The molecule has 0 saturated carbocycles. The van der Waals surface area contributed by atoms with Crippen LogP contribution in [0.2, 0.25) is 5.02 Å². The first-order valence-electron chi connectivity index (χ1n) is 3.36. The highest BCUT2D eigenvalue weighted by Gasteiger charge is 2.16. The normalized spacial score (nSPS) is 9.50. The van der Waals surface area contributed by atoms with Crippen LogP contribution in [0.5, 0.6) is 5.75 Å². The van der Waals surface area contributed by atoms with E-state index in [1.165, 1.54) is 12.1 Å². The van der Waals surface area contributed by atoms with Crippen LogP contribution in [0, 0.1) is 10.1 Å². The molecule has 6 nitrogen and oxygen atoms in total. The topological polar surface area (TPSA) is 89.7 Å². The number of nitrogens with zero attached hydrogens (tertiary/aromatic N) is 1. The van der Waals surface area contributed by atoms with E-state index in [2.05, 4.69) is 4.84 Å². The molecule has 1 rings (SSSR count). The lowest BCUT2D eigenvalue weighted by Gasteiger charge is -2.04. The van der Waals surface area contributed by atoms with E-state index in [9.17, 15) is 14.9 Å². The van der Waals surface area contributed by atoms with Crippen LogP contribution in [0.1, 0.15) is 10.4 Å². The lowest BCUT2D eigenvalue weighted by atomic mass is 10.2. The first kappa shape index (κ1) is 10.3. The minimum absolute atomic E-state index is 0.124. The molecule has 1 aromatic rings. The van der Waals surface area contributed by atoms with Crippen LogP contribution in [-0.4, -0.2) is 16.2 Å². The van der Waals surface area contributed by atoms with Gasteiger partial charge in [0.1, 0.15) is 0 Å². The molecule has 0 radical (unpaired) electrons. The molecule has 1 aromatic carbocycles. The number of carboxylic acids is 1. The van der Waals surface area contributed by atoms with Gasteiger partial charge in [-0.1, -0.05) is 17.7 Å². The van der Waals surface area contributed by atoms with Crippen LogP contribution < -0.4 is 4.84 Å². The maximum atomic E-state index is 10.6. The zero-order chi connectivity index (χ0) is 10.7. The van der Waals surface area contributed by atoms with Gasteiger partial charge in [0.2, 0.25) is 0 Å². The van der Waals surface area contributed by atoms with E-state index in [0.29, 0.717) is 0 Å². The zero-order valence-corrected chi connectivity index (χ0v) is 7.39. The minimum Gasteiger partial charge on any atom is -0.478 e. The number of para-hydroxylation sites is 1. The molecule has 74 valence electrons. The van der Waals surface area contributed by atoms with E-state index in [0.717, 1.165) is 6.07 Å². The molecule has 0 unspecified atom stereocenters. The number of hydrogen-bond donors (Lipinski definition) is 1. The molecule has 0 aromatic heterocycles. The summed E-state index contributed by atoms with van der Waals surface area (Å²) in [6.45, 7) is 0. The summed E-state index contributed by atoms with van der Waals surface area (Å²) in [6, 6.07) is 3.82. The van der Waals surface area contributed by atoms with Crippen molar-refractivity contribution in [2.75, 3.05) is 0 Å². The second-order valence-corrected chi connectivity index (χ2v) is 2.64. The molecule has 0 spiro atoms. The zero-order valence-electron chi connectivity index (χ0n) is 6.64. The summed E-state index contributed by atoms with van der Waals surface area (Å²) < 4.78 is 0. The quantitative estimate of drug-likeness (QED) is 0.614. The molecule has 1 N–H and O–H groups in total. The maximum absolute atomic E-state index is 10.6. The Morgan fingerprint density at radius 3 is 2.71 bits per heavy atom. The Bertz CT molecular complexity index is 392. The van der Waals surface area contributed by atoms with Crippen LogP contribution in [0.25, 0.3) is 0 Å². The molecule has 7 heteroatoms. The van der Waals surface area contributed by atoms with Crippen molar-refractivity contribution in [3.8, 4) is 5.75 Å². The van der Waals surface area contributed by atoms with E-state index in [4.69, 9.17) is 16.7 Å². The van der Waals surface area contributed by atoms with E-state index < -0.39 is 16.8 Å². The Balaban J connectivity index is 3.22. The van der Waals surface area contributed by atoms with Crippen molar-refractivity contribution in [3.63, 3.8) is 0 Å². The molecule has 0 heterocycles. The van der Waals surface area contributed by atoms with Gasteiger partial charge in [0.25, 0.3) is 5.09 Å². The third-order valence-electron chi connectivity index (χ3n) is 1.36. The van der Waals surface area contributed by atoms with Crippen molar-refractivity contribution in [2.45, 2.75) is 0 Å². The summed E-state index contributed by atoms with van der Waals surface area (Å²) >= 11 is 5.52. The average molecular weight is 218 g/mol. The summed E-state index contributed by atoms with van der Waals surface area (Å²) in [7, 11) is 0. The molecule has 0 aliphatic heterocycles. The van der Waals surface area contributed by atoms with Crippen molar-refractivity contribution in [1.82, 2.24) is 0 Å². The Morgan fingerprint density at radius 2 is 2.21 bits per heavy atom. The Morgan fingerprint density at radius 1 is 1.57 bits per heavy atom. The van der Waals surface area contributed by atoms with Crippen LogP contribution >= 0.6 is 11.6 Å². The highest BCUT2D eigenvalue weighted by molar-refractivity contribution is 6.32. The molecular formula is C7H4ClNO5. The van der Waals surface area contributed by atoms with Gasteiger partial charge in [-0.25, -0.2) is 4.79 Å². The first-order chi connectivity index (χ1) is 6.52. The third-order valence-corrected chi connectivity index (χ3v) is 1.66. The largest absolute Gasteiger partial charge is 0.478 e. The molecular weight excluding hydrogens is 214 g/mol. The fraction of sp³-hybridized carbons (Fsp3) is 0. The number of carboxylic acid groups (broad SMARTS) is 1. The number of halogens is 1. The summed E-state index contributed by atoms with van der Waals surface area (Å²) in [5, 5.41) is 17.4. The Hall–Kier alpha value is -1.82. The smallest absolute Gasteiger partial charge is 0.338 e.